The molecule has 0 atom stereocenters. The van der Waals surface area contributed by atoms with E-state index in [0.29, 0.717) is 23.7 Å². The van der Waals surface area contributed by atoms with Gasteiger partial charge in [-0.1, -0.05) is 17.7 Å². The van der Waals surface area contributed by atoms with Crippen molar-refractivity contribution in [2.24, 2.45) is 0 Å². The van der Waals surface area contributed by atoms with Crippen LogP contribution in [0.3, 0.4) is 0 Å². The van der Waals surface area contributed by atoms with Gasteiger partial charge in [0, 0.05) is 28.5 Å². The van der Waals surface area contributed by atoms with Crippen LogP contribution in [0.2, 0.25) is 5.02 Å². The first-order chi connectivity index (χ1) is 9.09. The second-order valence-corrected chi connectivity index (χ2v) is 6.05. The number of hydrogen-bond acceptors (Lipinski definition) is 4. The molecule has 1 N–H and O–H groups in total. The van der Waals surface area contributed by atoms with Crippen molar-refractivity contribution in [3.63, 3.8) is 0 Å². The molecule has 0 aliphatic rings. The number of nitro groups is 1. The SMILES string of the molecule is O=[N+]([O-])c1cccc(Cl)c1CNCc1sccc1Br. The van der Waals surface area contributed by atoms with Gasteiger partial charge in [0.25, 0.3) is 5.69 Å². The van der Waals surface area contributed by atoms with Gasteiger partial charge in [-0.2, -0.15) is 0 Å². The number of rotatable bonds is 5. The first-order valence-corrected chi connectivity index (χ1v) is 7.49. The van der Waals surface area contributed by atoms with Crippen LogP contribution in [0.5, 0.6) is 0 Å². The molecule has 100 valence electrons. The fourth-order valence-corrected chi connectivity index (χ4v) is 3.34. The van der Waals surface area contributed by atoms with Gasteiger partial charge in [0.2, 0.25) is 0 Å². The summed E-state index contributed by atoms with van der Waals surface area (Å²) in [6, 6.07) is 6.68. The minimum Gasteiger partial charge on any atom is -0.307 e. The van der Waals surface area contributed by atoms with Crippen molar-refractivity contribution in [1.82, 2.24) is 5.32 Å². The lowest BCUT2D eigenvalue weighted by molar-refractivity contribution is -0.385. The number of hydrogen-bond donors (Lipinski definition) is 1. The van der Waals surface area contributed by atoms with Crippen LogP contribution in [0.15, 0.2) is 34.1 Å². The van der Waals surface area contributed by atoms with Crippen LogP contribution >= 0.6 is 38.9 Å². The van der Waals surface area contributed by atoms with Crippen molar-refractivity contribution < 1.29 is 4.92 Å². The van der Waals surface area contributed by atoms with E-state index in [-0.39, 0.29) is 5.69 Å². The van der Waals surface area contributed by atoms with E-state index < -0.39 is 4.92 Å². The molecule has 1 aromatic heterocycles. The van der Waals surface area contributed by atoms with Gasteiger partial charge in [0.15, 0.2) is 0 Å². The Kier molecular flexibility index (Phi) is 4.93. The molecule has 0 bridgehead atoms. The quantitative estimate of drug-likeness (QED) is 0.636. The summed E-state index contributed by atoms with van der Waals surface area (Å²) in [7, 11) is 0. The Morgan fingerprint density at radius 2 is 2.16 bits per heavy atom. The van der Waals surface area contributed by atoms with Gasteiger partial charge in [-0.15, -0.1) is 11.3 Å². The highest BCUT2D eigenvalue weighted by Gasteiger charge is 2.16. The molecular weight excluding hydrogens is 352 g/mol. The molecule has 0 amide bonds. The number of nitrogens with one attached hydrogen (secondary N) is 1. The van der Waals surface area contributed by atoms with E-state index in [9.17, 15) is 10.1 Å². The molecule has 2 rings (SSSR count). The maximum atomic E-state index is 10.9. The third kappa shape index (κ3) is 3.54. The van der Waals surface area contributed by atoms with Crippen molar-refractivity contribution in [1.29, 1.82) is 0 Å². The van der Waals surface area contributed by atoms with Gasteiger partial charge in [-0.25, -0.2) is 0 Å². The summed E-state index contributed by atoms with van der Waals surface area (Å²) in [5.41, 5.74) is 0.562. The third-order valence-corrected chi connectivity index (χ3v) is 4.85. The number of nitro benzene ring substituents is 1. The van der Waals surface area contributed by atoms with E-state index in [1.54, 1.807) is 23.5 Å². The van der Waals surface area contributed by atoms with Crippen molar-refractivity contribution in [2.75, 3.05) is 0 Å². The summed E-state index contributed by atoms with van der Waals surface area (Å²) in [6.45, 7) is 1.00. The van der Waals surface area contributed by atoms with Gasteiger partial charge in [-0.3, -0.25) is 10.1 Å². The molecule has 0 radical (unpaired) electrons. The minimum absolute atomic E-state index is 0.0465. The number of halogens is 2. The van der Waals surface area contributed by atoms with Crippen LogP contribution in [0.1, 0.15) is 10.4 Å². The summed E-state index contributed by atoms with van der Waals surface area (Å²) in [6.07, 6.45) is 0. The molecule has 2 aromatic rings. The van der Waals surface area contributed by atoms with Gasteiger partial charge >= 0.3 is 0 Å². The highest BCUT2D eigenvalue weighted by atomic mass is 79.9. The normalized spacial score (nSPS) is 10.6. The molecule has 0 spiro atoms. The lowest BCUT2D eigenvalue weighted by atomic mass is 10.2. The molecule has 19 heavy (non-hydrogen) atoms. The predicted molar refractivity (Wildman–Crippen MR) is 80.7 cm³/mol. The molecule has 7 heteroatoms. The first-order valence-electron chi connectivity index (χ1n) is 5.44. The summed E-state index contributed by atoms with van der Waals surface area (Å²) >= 11 is 11.1. The minimum atomic E-state index is -0.413. The van der Waals surface area contributed by atoms with Crippen LogP contribution in [0.4, 0.5) is 5.69 Å². The van der Waals surface area contributed by atoms with E-state index in [2.05, 4.69) is 21.2 Å². The molecule has 0 saturated carbocycles. The maximum absolute atomic E-state index is 10.9. The number of thiophene rings is 1. The molecule has 0 fully saturated rings. The van der Waals surface area contributed by atoms with E-state index >= 15 is 0 Å². The summed E-state index contributed by atoms with van der Waals surface area (Å²) in [5.74, 6) is 0. The van der Waals surface area contributed by atoms with Crippen LogP contribution in [-0.4, -0.2) is 4.92 Å². The van der Waals surface area contributed by atoms with Gasteiger partial charge in [0.05, 0.1) is 15.5 Å². The first kappa shape index (κ1) is 14.5. The monoisotopic (exact) mass is 360 g/mol. The molecule has 0 aliphatic carbocycles. The van der Waals surface area contributed by atoms with Crippen LogP contribution in [-0.2, 0) is 13.1 Å². The van der Waals surface area contributed by atoms with Crippen LogP contribution in [0.25, 0.3) is 0 Å². The molecule has 4 nitrogen and oxygen atoms in total. The molecule has 0 unspecified atom stereocenters. The molecule has 1 aromatic carbocycles. The molecule has 0 aliphatic heterocycles. The molecular formula is C12H10BrClN2O2S. The topological polar surface area (TPSA) is 55.2 Å². The maximum Gasteiger partial charge on any atom is 0.275 e. The van der Waals surface area contributed by atoms with Gasteiger partial charge in [0.1, 0.15) is 0 Å². The van der Waals surface area contributed by atoms with Crippen molar-refractivity contribution in [2.45, 2.75) is 13.1 Å². The predicted octanol–water partition coefficient (Wildman–Crippen LogP) is 4.36. The Labute approximate surface area is 127 Å². The second-order valence-electron chi connectivity index (χ2n) is 3.79. The molecule has 1 heterocycles. The zero-order valence-electron chi connectivity index (χ0n) is 9.73. The smallest absolute Gasteiger partial charge is 0.275 e. The Balaban J connectivity index is 2.07. The zero-order chi connectivity index (χ0) is 13.8. The summed E-state index contributed by atoms with van der Waals surface area (Å²) in [4.78, 5) is 11.7. The third-order valence-electron chi connectivity index (χ3n) is 2.57. The van der Waals surface area contributed by atoms with Crippen LogP contribution in [0, 0.1) is 10.1 Å². The fraction of sp³-hybridized carbons (Fsp3) is 0.167. The van der Waals surface area contributed by atoms with Crippen molar-refractivity contribution >= 4 is 44.6 Å². The number of benzene rings is 1. The van der Waals surface area contributed by atoms with Crippen LogP contribution < -0.4 is 5.32 Å². The fourth-order valence-electron chi connectivity index (χ4n) is 1.65. The van der Waals surface area contributed by atoms with E-state index in [1.165, 1.54) is 6.07 Å². The highest BCUT2D eigenvalue weighted by Crippen LogP contribution is 2.27. The molecule has 0 saturated heterocycles. The Bertz CT molecular complexity index is 603. The van der Waals surface area contributed by atoms with Gasteiger partial charge < -0.3 is 5.32 Å². The Morgan fingerprint density at radius 1 is 1.37 bits per heavy atom. The van der Waals surface area contributed by atoms with Crippen molar-refractivity contribution in [3.8, 4) is 0 Å². The van der Waals surface area contributed by atoms with Gasteiger partial charge in [-0.05, 0) is 33.4 Å². The highest BCUT2D eigenvalue weighted by molar-refractivity contribution is 9.10. The van der Waals surface area contributed by atoms with E-state index in [1.807, 2.05) is 11.4 Å². The average Bonchev–Trinajstić information content (AvgIpc) is 2.77. The Hall–Kier alpha value is -0.950. The summed E-state index contributed by atoms with van der Waals surface area (Å²) in [5, 5.41) is 16.5. The zero-order valence-corrected chi connectivity index (χ0v) is 12.9. The van der Waals surface area contributed by atoms with E-state index in [0.717, 1.165) is 9.35 Å². The largest absolute Gasteiger partial charge is 0.307 e. The van der Waals surface area contributed by atoms with E-state index in [4.69, 9.17) is 11.6 Å². The van der Waals surface area contributed by atoms with Crippen molar-refractivity contribution in [3.05, 3.63) is 59.7 Å². The summed E-state index contributed by atoms with van der Waals surface area (Å²) < 4.78 is 1.04. The second kappa shape index (κ2) is 6.47. The number of nitrogens with zero attached hydrogens (tertiary/aromatic N) is 1. The Morgan fingerprint density at radius 3 is 2.79 bits per heavy atom. The standard InChI is InChI=1S/C12H10BrClN2O2S/c13-9-4-5-19-12(9)7-15-6-8-10(14)2-1-3-11(8)16(17)18/h1-5,15H,6-7H2. The average molecular weight is 362 g/mol. The lowest BCUT2D eigenvalue weighted by Gasteiger charge is -2.07. The lowest BCUT2D eigenvalue weighted by Crippen LogP contribution is -2.13.